The lowest BCUT2D eigenvalue weighted by molar-refractivity contribution is 0.265. The molecular weight excluding hydrogens is 302 g/mol. The first-order chi connectivity index (χ1) is 10.5. The Kier molecular flexibility index (Phi) is 5.18. The van der Waals surface area contributed by atoms with Crippen LogP contribution in [0, 0.1) is 0 Å². The summed E-state index contributed by atoms with van der Waals surface area (Å²) in [7, 11) is -2.02. The van der Waals surface area contributed by atoms with E-state index >= 15 is 0 Å². The van der Waals surface area contributed by atoms with Crippen LogP contribution in [-0.2, 0) is 16.3 Å². The van der Waals surface area contributed by atoms with Crippen LogP contribution >= 0.6 is 0 Å². The van der Waals surface area contributed by atoms with Crippen LogP contribution in [0.15, 0.2) is 58.3 Å². The number of hydrogen-bond acceptors (Lipinski definition) is 5. The Morgan fingerprint density at radius 1 is 1.05 bits per heavy atom. The van der Waals surface area contributed by atoms with Crippen LogP contribution in [0.5, 0.6) is 5.75 Å². The van der Waals surface area contributed by atoms with Crippen molar-refractivity contribution < 1.29 is 18.3 Å². The Morgan fingerprint density at radius 2 is 1.55 bits per heavy atom. The summed E-state index contributed by atoms with van der Waals surface area (Å²) < 4.78 is 30.1. The standard InChI is InChI=1S/C16H19NO4S/c1-21-14-4-8-16(9-5-14)22(19,20)15-6-2-12(3-7-15)10-13(17)11-18/h2-9,13,18H,10-11,17H2,1H3/t13-/m0/s1. The second-order valence-electron chi connectivity index (χ2n) is 4.97. The second-order valence-corrected chi connectivity index (χ2v) is 6.92. The number of aliphatic hydroxyl groups excluding tert-OH is 1. The van der Waals surface area contributed by atoms with Crippen LogP contribution in [0.3, 0.4) is 0 Å². The lowest BCUT2D eigenvalue weighted by Gasteiger charge is -2.09. The highest BCUT2D eigenvalue weighted by atomic mass is 32.2. The Bertz CT molecular complexity index is 709. The molecule has 6 heteroatoms. The fraction of sp³-hybridized carbons (Fsp3) is 0.250. The number of rotatable bonds is 6. The molecule has 0 bridgehead atoms. The molecular formula is C16H19NO4S. The van der Waals surface area contributed by atoms with Gasteiger partial charge in [0.05, 0.1) is 23.5 Å². The normalized spacial score (nSPS) is 12.9. The molecule has 118 valence electrons. The van der Waals surface area contributed by atoms with Crippen molar-refractivity contribution >= 4 is 9.84 Å². The molecule has 0 saturated carbocycles. The molecule has 5 nitrogen and oxygen atoms in total. The molecule has 0 aliphatic carbocycles. The van der Waals surface area contributed by atoms with Gasteiger partial charge in [-0.2, -0.15) is 0 Å². The van der Waals surface area contributed by atoms with Crippen molar-refractivity contribution in [3.8, 4) is 5.75 Å². The molecule has 0 heterocycles. The average Bonchev–Trinajstić information content (AvgIpc) is 2.55. The summed E-state index contributed by atoms with van der Waals surface area (Å²) in [5.74, 6) is 0.604. The van der Waals surface area contributed by atoms with Crippen LogP contribution in [-0.4, -0.2) is 33.3 Å². The number of aliphatic hydroxyl groups is 1. The van der Waals surface area contributed by atoms with E-state index < -0.39 is 9.84 Å². The third-order valence-electron chi connectivity index (χ3n) is 3.34. The summed E-state index contributed by atoms with van der Waals surface area (Å²) >= 11 is 0. The van der Waals surface area contributed by atoms with E-state index in [-0.39, 0.29) is 22.4 Å². The predicted octanol–water partition coefficient (Wildman–Crippen LogP) is 1.39. The van der Waals surface area contributed by atoms with Gasteiger partial charge < -0.3 is 15.6 Å². The molecule has 2 aromatic carbocycles. The largest absolute Gasteiger partial charge is 0.497 e. The van der Waals surface area contributed by atoms with Crippen LogP contribution in [0.2, 0.25) is 0 Å². The van der Waals surface area contributed by atoms with Gasteiger partial charge in [0.1, 0.15) is 5.75 Å². The molecule has 2 rings (SSSR count). The van der Waals surface area contributed by atoms with Crippen molar-refractivity contribution in [2.45, 2.75) is 22.3 Å². The Labute approximate surface area is 130 Å². The lowest BCUT2D eigenvalue weighted by Crippen LogP contribution is -2.26. The van der Waals surface area contributed by atoms with Crippen molar-refractivity contribution in [3.05, 3.63) is 54.1 Å². The highest BCUT2D eigenvalue weighted by molar-refractivity contribution is 7.91. The van der Waals surface area contributed by atoms with Gasteiger partial charge in [-0.05, 0) is 48.4 Å². The van der Waals surface area contributed by atoms with E-state index in [2.05, 4.69) is 0 Å². The van der Waals surface area contributed by atoms with Gasteiger partial charge in [-0.25, -0.2) is 8.42 Å². The summed E-state index contributed by atoms with van der Waals surface area (Å²) in [5, 5.41) is 8.94. The van der Waals surface area contributed by atoms with Gasteiger partial charge in [0.2, 0.25) is 9.84 Å². The van der Waals surface area contributed by atoms with Gasteiger partial charge >= 0.3 is 0 Å². The predicted molar refractivity (Wildman–Crippen MR) is 83.7 cm³/mol. The van der Waals surface area contributed by atoms with E-state index in [0.29, 0.717) is 12.2 Å². The molecule has 1 atom stereocenters. The molecule has 0 spiro atoms. The number of benzene rings is 2. The average molecular weight is 321 g/mol. The molecule has 22 heavy (non-hydrogen) atoms. The highest BCUT2D eigenvalue weighted by Gasteiger charge is 2.17. The summed E-state index contributed by atoms with van der Waals surface area (Å²) in [6.45, 7) is -0.105. The quantitative estimate of drug-likeness (QED) is 0.839. The van der Waals surface area contributed by atoms with E-state index in [9.17, 15) is 8.42 Å². The number of hydrogen-bond donors (Lipinski definition) is 2. The van der Waals surface area contributed by atoms with Gasteiger partial charge in [0.15, 0.2) is 0 Å². The maximum Gasteiger partial charge on any atom is 0.206 e. The fourth-order valence-electron chi connectivity index (χ4n) is 2.06. The summed E-state index contributed by atoms with van der Waals surface area (Å²) in [4.78, 5) is 0.437. The second kappa shape index (κ2) is 6.91. The van der Waals surface area contributed by atoms with Crippen LogP contribution in [0.25, 0.3) is 0 Å². The van der Waals surface area contributed by atoms with Crippen LogP contribution in [0.4, 0.5) is 0 Å². The highest BCUT2D eigenvalue weighted by Crippen LogP contribution is 2.23. The maximum absolute atomic E-state index is 12.5. The van der Waals surface area contributed by atoms with E-state index in [1.54, 1.807) is 36.4 Å². The number of methoxy groups -OCH3 is 1. The van der Waals surface area contributed by atoms with Crippen molar-refractivity contribution in [1.29, 1.82) is 0 Å². The zero-order valence-electron chi connectivity index (χ0n) is 12.3. The minimum Gasteiger partial charge on any atom is -0.497 e. The fourth-order valence-corrected chi connectivity index (χ4v) is 3.32. The van der Waals surface area contributed by atoms with E-state index in [0.717, 1.165) is 5.56 Å². The van der Waals surface area contributed by atoms with E-state index in [1.807, 2.05) is 0 Å². The zero-order chi connectivity index (χ0) is 16.2. The molecule has 3 N–H and O–H groups in total. The maximum atomic E-state index is 12.5. The third-order valence-corrected chi connectivity index (χ3v) is 5.12. The number of sulfone groups is 1. The Balaban J connectivity index is 2.25. The summed E-state index contributed by atoms with van der Waals surface area (Å²) in [5.41, 5.74) is 6.55. The molecule has 0 aromatic heterocycles. The Morgan fingerprint density at radius 3 is 2.00 bits per heavy atom. The first kappa shape index (κ1) is 16.5. The first-order valence-corrected chi connectivity index (χ1v) is 8.30. The zero-order valence-corrected chi connectivity index (χ0v) is 13.1. The molecule has 0 amide bonds. The minimum atomic E-state index is -3.55. The SMILES string of the molecule is COc1ccc(S(=O)(=O)c2ccc(C[C@H](N)CO)cc2)cc1. The van der Waals surface area contributed by atoms with Crippen molar-refractivity contribution in [2.75, 3.05) is 13.7 Å². The Hall–Kier alpha value is -1.89. The number of nitrogens with two attached hydrogens (primary N) is 1. The molecule has 0 aliphatic heterocycles. The van der Waals surface area contributed by atoms with Crippen molar-refractivity contribution in [3.63, 3.8) is 0 Å². The van der Waals surface area contributed by atoms with Crippen LogP contribution in [0.1, 0.15) is 5.56 Å². The molecule has 0 fully saturated rings. The molecule has 2 aromatic rings. The van der Waals surface area contributed by atoms with Gasteiger partial charge in [0, 0.05) is 6.04 Å². The first-order valence-electron chi connectivity index (χ1n) is 6.82. The molecule has 0 saturated heterocycles. The van der Waals surface area contributed by atoms with Crippen molar-refractivity contribution in [2.24, 2.45) is 5.73 Å². The summed E-state index contributed by atoms with van der Waals surface area (Å²) in [6, 6.07) is 12.5. The monoisotopic (exact) mass is 321 g/mol. The van der Waals surface area contributed by atoms with Gasteiger partial charge in [-0.15, -0.1) is 0 Å². The topological polar surface area (TPSA) is 89.6 Å². The van der Waals surface area contributed by atoms with Gasteiger partial charge in [0.25, 0.3) is 0 Å². The van der Waals surface area contributed by atoms with E-state index in [4.69, 9.17) is 15.6 Å². The van der Waals surface area contributed by atoms with Gasteiger partial charge in [-0.3, -0.25) is 0 Å². The lowest BCUT2D eigenvalue weighted by atomic mass is 10.1. The molecule has 0 aliphatic rings. The van der Waals surface area contributed by atoms with E-state index in [1.165, 1.54) is 19.2 Å². The smallest absolute Gasteiger partial charge is 0.206 e. The number of ether oxygens (including phenoxy) is 1. The molecule has 0 radical (unpaired) electrons. The molecule has 0 unspecified atom stereocenters. The third kappa shape index (κ3) is 3.65. The minimum absolute atomic E-state index is 0.105. The summed E-state index contributed by atoms with van der Waals surface area (Å²) in [6.07, 6.45) is 0.499. The van der Waals surface area contributed by atoms with Crippen molar-refractivity contribution in [1.82, 2.24) is 0 Å². The van der Waals surface area contributed by atoms with Gasteiger partial charge in [-0.1, -0.05) is 12.1 Å². The van der Waals surface area contributed by atoms with Crippen LogP contribution < -0.4 is 10.5 Å².